The zero-order valence-corrected chi connectivity index (χ0v) is 31.5. The molecule has 6 rings (SSSR count). The van der Waals surface area contributed by atoms with Crippen molar-refractivity contribution in [3.63, 3.8) is 0 Å². The van der Waals surface area contributed by atoms with E-state index < -0.39 is 77.7 Å². The van der Waals surface area contributed by atoms with Crippen LogP contribution >= 0.6 is 11.6 Å². The fraction of sp³-hybridized carbons (Fsp3) is 0.333. The molecule has 300 valence electrons. The number of carbonyl (C=O) groups is 1. The lowest BCUT2D eigenvalue weighted by Gasteiger charge is -2.23. The van der Waals surface area contributed by atoms with Gasteiger partial charge in [-0.05, 0) is 49.6 Å². The monoisotopic (exact) mass is 830 g/mol. The molecule has 0 fully saturated rings. The van der Waals surface area contributed by atoms with Crippen LogP contribution < -0.4 is 15.8 Å². The third-order valence-electron chi connectivity index (χ3n) is 8.60. The third kappa shape index (κ3) is 9.49. The van der Waals surface area contributed by atoms with Crippen LogP contribution in [0.4, 0.5) is 46.6 Å². The minimum absolute atomic E-state index is 0.109. The SMILES string of the molecule is CC=CCC(F)F.Cn1nc(NS(C)=O)c2c(Cl)ccc(-c3cc(N)cnc3C(Cc3cc(F)cc(F)c3)NC(=O)Cn3nc(C(F)F)c4c3C(F)(F)CC4)c21. The van der Waals surface area contributed by atoms with E-state index in [0.29, 0.717) is 32.8 Å². The van der Waals surface area contributed by atoms with Crippen molar-refractivity contribution in [1.82, 2.24) is 29.9 Å². The maximum atomic E-state index is 14.8. The minimum atomic E-state index is -3.49. The maximum Gasteiger partial charge on any atom is 0.290 e. The van der Waals surface area contributed by atoms with Crippen molar-refractivity contribution >= 4 is 50.9 Å². The Morgan fingerprint density at radius 1 is 1.07 bits per heavy atom. The number of nitrogens with two attached hydrogens (primary N) is 1. The van der Waals surface area contributed by atoms with Crippen LogP contribution in [0.1, 0.15) is 60.4 Å². The predicted octanol–water partition coefficient (Wildman–Crippen LogP) is 8.34. The minimum Gasteiger partial charge on any atom is -0.397 e. The van der Waals surface area contributed by atoms with E-state index in [4.69, 9.17) is 17.3 Å². The molecule has 2 aromatic carbocycles. The van der Waals surface area contributed by atoms with Gasteiger partial charge in [-0.15, -0.1) is 0 Å². The number of rotatable bonds is 12. The molecule has 0 bridgehead atoms. The fourth-order valence-electron chi connectivity index (χ4n) is 6.45. The molecule has 3 heterocycles. The summed E-state index contributed by atoms with van der Waals surface area (Å²) in [4.78, 5) is 18.1. The molecule has 56 heavy (non-hydrogen) atoms. The highest BCUT2D eigenvalue weighted by Crippen LogP contribution is 2.45. The average molecular weight is 831 g/mol. The van der Waals surface area contributed by atoms with Crippen LogP contribution in [-0.4, -0.2) is 47.3 Å². The number of nitrogens with zero attached hydrogens (tertiary/aromatic N) is 5. The standard InChI is InChI=1S/C31H27ClF6N8O2S.C5H8F2/c1-45-27-18(3-4-21(32)24(27)30(43-45)44-49(2)48)20-11-17(39)12-40-25(20)22(9-14-7-15(33)10-16(34)8-14)41-23(47)13-46-28-19(5-6-31(28,37)38)26(42-46)29(35)36;1-2-3-4-5(6)7/h3-4,7-8,10-12,22,29H,5-6,9,13,39H2,1-2H3,(H,41,47)(H,43,44);2-3,5H,4H2,1H3. The van der Waals surface area contributed by atoms with Gasteiger partial charge in [0, 0.05) is 48.9 Å². The third-order valence-corrected chi connectivity index (χ3v) is 9.40. The molecule has 2 atom stereocenters. The number of carbonyl (C=O) groups excluding carboxylic acids is 1. The van der Waals surface area contributed by atoms with E-state index in [1.807, 2.05) is 0 Å². The predicted molar refractivity (Wildman–Crippen MR) is 197 cm³/mol. The molecule has 20 heteroatoms. The number of allylic oxidation sites excluding steroid dienone is 2. The number of nitrogens with one attached hydrogen (secondary N) is 2. The Bertz CT molecular complexity index is 2280. The molecule has 5 aromatic rings. The molecule has 3 aromatic heterocycles. The van der Waals surface area contributed by atoms with Crippen molar-refractivity contribution in [1.29, 1.82) is 0 Å². The molecule has 0 saturated heterocycles. The molecule has 1 aliphatic carbocycles. The van der Waals surface area contributed by atoms with E-state index >= 15 is 0 Å². The summed E-state index contributed by atoms with van der Waals surface area (Å²) in [5.41, 5.74) is 5.97. The number of hydrogen-bond acceptors (Lipinski definition) is 6. The Morgan fingerprint density at radius 3 is 2.38 bits per heavy atom. The van der Waals surface area contributed by atoms with Crippen LogP contribution in [-0.2, 0) is 48.1 Å². The zero-order valence-electron chi connectivity index (χ0n) is 29.9. The molecule has 0 aliphatic heterocycles. The second kappa shape index (κ2) is 17.4. The number of alkyl halides is 6. The molecule has 1 amide bonds. The number of nitrogen functional groups attached to an aromatic ring is 1. The van der Waals surface area contributed by atoms with Crippen molar-refractivity contribution < 1.29 is 44.1 Å². The normalized spacial score (nSPS) is 14.6. The van der Waals surface area contributed by atoms with Crippen LogP contribution in [0, 0.1) is 11.6 Å². The average Bonchev–Trinajstić information content (AvgIpc) is 3.74. The summed E-state index contributed by atoms with van der Waals surface area (Å²) in [5.74, 6) is -5.96. The number of amides is 1. The zero-order chi connectivity index (χ0) is 41.1. The van der Waals surface area contributed by atoms with Crippen LogP contribution in [0.15, 0.2) is 54.7 Å². The van der Waals surface area contributed by atoms with Gasteiger partial charge in [-0.2, -0.15) is 19.0 Å². The molecule has 1 aliphatic rings. The number of pyridine rings is 1. The van der Waals surface area contributed by atoms with Gasteiger partial charge in [0.05, 0.1) is 39.5 Å². The highest BCUT2D eigenvalue weighted by Gasteiger charge is 2.46. The van der Waals surface area contributed by atoms with Crippen LogP contribution in [0.25, 0.3) is 22.0 Å². The van der Waals surface area contributed by atoms with Gasteiger partial charge in [-0.3, -0.25) is 23.9 Å². The van der Waals surface area contributed by atoms with E-state index in [1.54, 1.807) is 38.2 Å². The van der Waals surface area contributed by atoms with Crippen molar-refractivity contribution in [2.75, 3.05) is 16.7 Å². The second-order valence-corrected chi connectivity index (χ2v) is 14.2. The summed E-state index contributed by atoms with van der Waals surface area (Å²) < 4.78 is 125. The molecule has 0 saturated carbocycles. The van der Waals surface area contributed by atoms with Gasteiger partial charge in [0.2, 0.25) is 12.3 Å². The molecule has 2 unspecified atom stereocenters. The molecular formula is C36H35ClF8N8O2S. The Labute approximate surface area is 322 Å². The number of aromatic nitrogens is 5. The van der Waals surface area contributed by atoms with Gasteiger partial charge < -0.3 is 11.1 Å². The van der Waals surface area contributed by atoms with Crippen molar-refractivity contribution in [2.24, 2.45) is 7.05 Å². The summed E-state index contributed by atoms with van der Waals surface area (Å²) in [7, 11) is 0.105. The Morgan fingerprint density at radius 2 is 1.77 bits per heavy atom. The van der Waals surface area contributed by atoms with Crippen molar-refractivity contribution in [2.45, 2.75) is 64.0 Å². The Kier molecular flexibility index (Phi) is 13.1. The number of fused-ring (bicyclic) bond motifs is 2. The quantitative estimate of drug-likeness (QED) is 0.0856. The first-order valence-corrected chi connectivity index (χ1v) is 18.7. The summed E-state index contributed by atoms with van der Waals surface area (Å²) in [6.07, 6.45) is -0.945. The van der Waals surface area contributed by atoms with E-state index in [1.165, 1.54) is 23.2 Å². The van der Waals surface area contributed by atoms with Gasteiger partial charge in [0.1, 0.15) is 40.6 Å². The lowest BCUT2D eigenvalue weighted by molar-refractivity contribution is -0.122. The Balaban J connectivity index is 0.000000784. The highest BCUT2D eigenvalue weighted by molar-refractivity contribution is 7.85. The number of aryl methyl sites for hydroxylation is 1. The number of halogens is 9. The first-order valence-electron chi connectivity index (χ1n) is 16.8. The summed E-state index contributed by atoms with van der Waals surface area (Å²) in [5, 5.41) is 11.4. The largest absolute Gasteiger partial charge is 0.397 e. The van der Waals surface area contributed by atoms with Gasteiger partial charge in [-0.1, -0.05) is 29.8 Å². The van der Waals surface area contributed by atoms with Crippen molar-refractivity contribution in [3.05, 3.63) is 99.6 Å². The van der Waals surface area contributed by atoms with Gasteiger partial charge in [0.25, 0.3) is 12.3 Å². The number of benzene rings is 2. The summed E-state index contributed by atoms with van der Waals surface area (Å²) in [6, 6.07) is 6.35. The van der Waals surface area contributed by atoms with E-state index in [2.05, 4.69) is 25.2 Å². The topological polar surface area (TPSA) is 133 Å². The molecule has 4 N–H and O–H groups in total. The molecule has 0 radical (unpaired) electrons. The van der Waals surface area contributed by atoms with Crippen LogP contribution in [0.2, 0.25) is 5.02 Å². The second-order valence-electron chi connectivity index (χ2n) is 12.7. The number of hydrogen-bond donors (Lipinski definition) is 3. The molecular weight excluding hydrogens is 796 g/mol. The van der Waals surface area contributed by atoms with E-state index in [0.717, 1.165) is 12.1 Å². The molecule has 10 nitrogen and oxygen atoms in total. The first-order chi connectivity index (χ1) is 26.4. The lowest BCUT2D eigenvalue weighted by atomic mass is 9.94. The maximum absolute atomic E-state index is 14.8. The molecule has 0 spiro atoms. The number of anilines is 2. The van der Waals surface area contributed by atoms with Gasteiger partial charge >= 0.3 is 0 Å². The highest BCUT2D eigenvalue weighted by atomic mass is 35.5. The van der Waals surface area contributed by atoms with E-state index in [-0.39, 0.29) is 52.6 Å². The van der Waals surface area contributed by atoms with Gasteiger partial charge in [0.15, 0.2) is 5.82 Å². The van der Waals surface area contributed by atoms with Crippen LogP contribution in [0.3, 0.4) is 0 Å². The van der Waals surface area contributed by atoms with Crippen molar-refractivity contribution in [3.8, 4) is 11.1 Å². The van der Waals surface area contributed by atoms with Crippen LogP contribution in [0.5, 0.6) is 0 Å². The first kappa shape index (κ1) is 42.1. The smallest absolute Gasteiger partial charge is 0.290 e. The van der Waals surface area contributed by atoms with E-state index in [9.17, 15) is 44.1 Å². The summed E-state index contributed by atoms with van der Waals surface area (Å²) in [6.45, 7) is 0.863. The lowest BCUT2D eigenvalue weighted by Crippen LogP contribution is -2.35. The Hall–Kier alpha value is -5.04. The van der Waals surface area contributed by atoms with Gasteiger partial charge in [-0.25, -0.2) is 30.6 Å². The summed E-state index contributed by atoms with van der Waals surface area (Å²) >= 11 is 6.55. The fourth-order valence-corrected chi connectivity index (χ4v) is 7.10.